The van der Waals surface area contributed by atoms with Crippen LogP contribution in [0.2, 0.25) is 0 Å². The molecule has 0 fully saturated rings. The Morgan fingerprint density at radius 1 is 0.958 bits per heavy atom. The molecule has 3 aromatic rings. The fourth-order valence-corrected chi connectivity index (χ4v) is 2.44. The van der Waals surface area contributed by atoms with Gasteiger partial charge in [0.05, 0.1) is 4.92 Å². The Bertz CT molecular complexity index is 909. The van der Waals surface area contributed by atoms with E-state index in [0.717, 1.165) is 17.4 Å². The van der Waals surface area contributed by atoms with Gasteiger partial charge in [-0.2, -0.15) is 0 Å². The number of anilines is 2. The van der Waals surface area contributed by atoms with Gasteiger partial charge in [-0.05, 0) is 17.7 Å². The Labute approximate surface area is 137 Å². The fourth-order valence-electron chi connectivity index (χ4n) is 2.44. The van der Waals surface area contributed by atoms with E-state index in [1.165, 1.54) is 18.3 Å². The highest BCUT2D eigenvalue weighted by atomic mass is 16.6. The van der Waals surface area contributed by atoms with Crippen LogP contribution in [-0.4, -0.2) is 16.2 Å². The minimum Gasteiger partial charge on any atom is -0.334 e. The minimum atomic E-state index is -0.489. The second-order valence-corrected chi connectivity index (χ2v) is 5.00. The van der Waals surface area contributed by atoms with Crippen molar-refractivity contribution in [2.24, 2.45) is 0 Å². The maximum absolute atomic E-state index is 11.3. The van der Waals surface area contributed by atoms with Gasteiger partial charge in [-0.15, -0.1) is 0 Å². The van der Waals surface area contributed by atoms with Gasteiger partial charge >= 0.3 is 5.69 Å². The number of carbonyl (C=O) groups excluding carboxylic acids is 1. The molecule has 6 nitrogen and oxygen atoms in total. The topological polar surface area (TPSA) is 85.1 Å². The van der Waals surface area contributed by atoms with Crippen molar-refractivity contribution in [1.29, 1.82) is 0 Å². The standard InChI is InChI=1S/C18H13N3O3/c22-12-13-6-1-2-7-14(13)15-8-3-4-9-16(15)20-18-17(21(23)24)10-5-11-19-18/h1-12H,(H,19,20). The van der Waals surface area contributed by atoms with Gasteiger partial charge in [0.15, 0.2) is 6.29 Å². The monoisotopic (exact) mass is 319 g/mol. The molecule has 0 aliphatic heterocycles. The third-order valence-electron chi connectivity index (χ3n) is 3.54. The first-order valence-electron chi connectivity index (χ1n) is 7.20. The summed E-state index contributed by atoms with van der Waals surface area (Å²) in [6.45, 7) is 0. The first-order chi connectivity index (χ1) is 11.7. The lowest BCUT2D eigenvalue weighted by molar-refractivity contribution is -0.384. The van der Waals surface area contributed by atoms with Crippen LogP contribution in [0.3, 0.4) is 0 Å². The summed E-state index contributed by atoms with van der Waals surface area (Å²) in [5, 5.41) is 14.2. The molecule has 0 atom stereocenters. The van der Waals surface area contributed by atoms with E-state index in [4.69, 9.17) is 0 Å². The average molecular weight is 319 g/mol. The maximum atomic E-state index is 11.3. The van der Waals surface area contributed by atoms with Gasteiger partial charge in [0, 0.05) is 29.1 Å². The normalized spacial score (nSPS) is 10.2. The molecule has 0 saturated heterocycles. The van der Waals surface area contributed by atoms with Crippen LogP contribution in [-0.2, 0) is 0 Å². The van der Waals surface area contributed by atoms with E-state index < -0.39 is 4.92 Å². The summed E-state index contributed by atoms with van der Waals surface area (Å²) in [5.41, 5.74) is 2.57. The molecule has 1 aromatic heterocycles. The zero-order valence-electron chi connectivity index (χ0n) is 12.5. The number of pyridine rings is 1. The molecule has 3 rings (SSSR count). The average Bonchev–Trinajstić information content (AvgIpc) is 2.62. The molecule has 6 heteroatoms. The first-order valence-corrected chi connectivity index (χ1v) is 7.20. The number of nitro groups is 1. The molecular formula is C18H13N3O3. The summed E-state index contributed by atoms with van der Waals surface area (Å²) < 4.78 is 0. The third-order valence-corrected chi connectivity index (χ3v) is 3.54. The fraction of sp³-hybridized carbons (Fsp3) is 0. The Hall–Kier alpha value is -3.54. The second kappa shape index (κ2) is 6.70. The van der Waals surface area contributed by atoms with Crippen LogP contribution >= 0.6 is 0 Å². The zero-order valence-corrected chi connectivity index (χ0v) is 12.5. The van der Waals surface area contributed by atoms with Crippen molar-refractivity contribution in [2.75, 3.05) is 5.32 Å². The number of benzene rings is 2. The lowest BCUT2D eigenvalue weighted by atomic mass is 9.99. The molecule has 2 aromatic carbocycles. The highest BCUT2D eigenvalue weighted by Crippen LogP contribution is 2.33. The van der Waals surface area contributed by atoms with E-state index >= 15 is 0 Å². The Morgan fingerprint density at radius 3 is 2.42 bits per heavy atom. The van der Waals surface area contributed by atoms with E-state index in [2.05, 4.69) is 10.3 Å². The van der Waals surface area contributed by atoms with E-state index in [1.54, 1.807) is 18.2 Å². The Balaban J connectivity index is 2.09. The molecule has 24 heavy (non-hydrogen) atoms. The van der Waals surface area contributed by atoms with Gasteiger partial charge < -0.3 is 5.32 Å². The quantitative estimate of drug-likeness (QED) is 0.432. The third kappa shape index (κ3) is 2.98. The molecule has 1 N–H and O–H groups in total. The number of para-hydroxylation sites is 1. The van der Waals surface area contributed by atoms with Gasteiger partial charge in [-0.1, -0.05) is 42.5 Å². The molecule has 0 saturated carbocycles. The summed E-state index contributed by atoms with van der Waals surface area (Å²) in [6, 6.07) is 17.4. The van der Waals surface area contributed by atoms with Crippen LogP contribution < -0.4 is 5.32 Å². The SMILES string of the molecule is O=Cc1ccccc1-c1ccccc1Nc1ncccc1[N+](=O)[O-]. The first kappa shape index (κ1) is 15.4. The number of hydrogen-bond donors (Lipinski definition) is 1. The highest BCUT2D eigenvalue weighted by Gasteiger charge is 2.16. The van der Waals surface area contributed by atoms with E-state index in [0.29, 0.717) is 11.3 Å². The predicted octanol–water partition coefficient (Wildman–Crippen LogP) is 4.21. The zero-order chi connectivity index (χ0) is 16.9. The molecule has 0 spiro atoms. The van der Waals surface area contributed by atoms with Crippen LogP contribution in [0.1, 0.15) is 10.4 Å². The molecule has 118 valence electrons. The van der Waals surface area contributed by atoms with E-state index in [9.17, 15) is 14.9 Å². The Kier molecular flexibility index (Phi) is 4.29. The number of nitrogens with one attached hydrogen (secondary N) is 1. The van der Waals surface area contributed by atoms with Crippen molar-refractivity contribution in [3.63, 3.8) is 0 Å². The second-order valence-electron chi connectivity index (χ2n) is 5.00. The van der Waals surface area contributed by atoms with Gasteiger partial charge in [-0.25, -0.2) is 4.98 Å². The Morgan fingerprint density at radius 2 is 1.67 bits per heavy atom. The number of rotatable bonds is 5. The van der Waals surface area contributed by atoms with Crippen molar-refractivity contribution < 1.29 is 9.72 Å². The van der Waals surface area contributed by atoms with Crippen molar-refractivity contribution in [3.05, 3.63) is 82.5 Å². The predicted molar refractivity (Wildman–Crippen MR) is 91.4 cm³/mol. The van der Waals surface area contributed by atoms with E-state index in [1.807, 2.05) is 30.3 Å². The van der Waals surface area contributed by atoms with Gasteiger partial charge in [-0.3, -0.25) is 14.9 Å². The number of aldehydes is 1. The number of nitrogens with zero attached hydrogens (tertiary/aromatic N) is 2. The lowest BCUT2D eigenvalue weighted by Crippen LogP contribution is -2.01. The van der Waals surface area contributed by atoms with Crippen molar-refractivity contribution in [2.45, 2.75) is 0 Å². The number of aromatic nitrogens is 1. The van der Waals surface area contributed by atoms with Gasteiger partial charge in [0.25, 0.3) is 0 Å². The highest BCUT2D eigenvalue weighted by molar-refractivity contribution is 5.92. The maximum Gasteiger partial charge on any atom is 0.311 e. The van der Waals surface area contributed by atoms with E-state index in [-0.39, 0.29) is 11.5 Å². The lowest BCUT2D eigenvalue weighted by Gasteiger charge is -2.13. The van der Waals surface area contributed by atoms with Crippen molar-refractivity contribution in [1.82, 2.24) is 4.98 Å². The smallest absolute Gasteiger partial charge is 0.311 e. The molecule has 0 aliphatic carbocycles. The van der Waals surface area contributed by atoms with Crippen LogP contribution in [0.5, 0.6) is 0 Å². The van der Waals surface area contributed by atoms with Crippen LogP contribution in [0.4, 0.5) is 17.2 Å². The minimum absolute atomic E-state index is 0.115. The summed E-state index contributed by atoms with van der Waals surface area (Å²) in [5.74, 6) is 0.151. The number of hydrogen-bond acceptors (Lipinski definition) is 5. The summed E-state index contributed by atoms with van der Waals surface area (Å²) in [7, 11) is 0. The van der Waals surface area contributed by atoms with Crippen molar-refractivity contribution >= 4 is 23.5 Å². The van der Waals surface area contributed by atoms with Gasteiger partial charge in [0.2, 0.25) is 5.82 Å². The molecule has 0 unspecified atom stereocenters. The molecule has 0 amide bonds. The molecule has 0 bridgehead atoms. The summed E-state index contributed by atoms with van der Waals surface area (Å²) in [6.07, 6.45) is 2.27. The van der Waals surface area contributed by atoms with Crippen LogP contribution in [0.25, 0.3) is 11.1 Å². The molecule has 0 radical (unpaired) electrons. The van der Waals surface area contributed by atoms with Crippen LogP contribution in [0.15, 0.2) is 66.9 Å². The largest absolute Gasteiger partial charge is 0.334 e. The van der Waals surface area contributed by atoms with Crippen molar-refractivity contribution in [3.8, 4) is 11.1 Å². The summed E-state index contributed by atoms with van der Waals surface area (Å²) >= 11 is 0. The molecule has 0 aliphatic rings. The van der Waals surface area contributed by atoms with Gasteiger partial charge in [0.1, 0.15) is 0 Å². The molecular weight excluding hydrogens is 306 g/mol. The number of carbonyl (C=O) groups is 1. The van der Waals surface area contributed by atoms with Crippen LogP contribution in [0, 0.1) is 10.1 Å². The molecule has 1 heterocycles. The summed E-state index contributed by atoms with van der Waals surface area (Å²) in [4.78, 5) is 26.0.